The molecule has 0 amide bonds. The number of hydrogen-bond acceptors (Lipinski definition) is 2. The SMILES string of the molecule is CCn1c(Cc2ccc(C(F)(F)F)cc2)n[nH]c1=S. The van der Waals surface area contributed by atoms with Gasteiger partial charge in [0, 0.05) is 13.0 Å². The Morgan fingerprint density at radius 2 is 1.89 bits per heavy atom. The summed E-state index contributed by atoms with van der Waals surface area (Å²) in [6.45, 7) is 2.60. The monoisotopic (exact) mass is 287 g/mol. The summed E-state index contributed by atoms with van der Waals surface area (Å²) < 4.78 is 39.6. The van der Waals surface area contributed by atoms with Gasteiger partial charge < -0.3 is 4.57 Å². The Morgan fingerprint density at radius 3 is 2.42 bits per heavy atom. The van der Waals surface area contributed by atoms with Crippen LogP contribution in [0.5, 0.6) is 0 Å². The van der Waals surface area contributed by atoms with Crippen LogP contribution in [-0.4, -0.2) is 14.8 Å². The molecule has 2 aromatic rings. The predicted octanol–water partition coefficient (Wildman–Crippen LogP) is 3.57. The third kappa shape index (κ3) is 3.04. The van der Waals surface area contributed by atoms with Crippen LogP contribution in [-0.2, 0) is 19.1 Å². The average Bonchev–Trinajstić information content (AvgIpc) is 2.69. The number of H-pyrrole nitrogens is 1. The molecule has 19 heavy (non-hydrogen) atoms. The molecular weight excluding hydrogens is 275 g/mol. The Morgan fingerprint density at radius 1 is 1.26 bits per heavy atom. The van der Waals surface area contributed by atoms with E-state index in [-0.39, 0.29) is 0 Å². The van der Waals surface area contributed by atoms with Crippen LogP contribution in [0.2, 0.25) is 0 Å². The number of nitrogens with zero attached hydrogens (tertiary/aromatic N) is 2. The molecule has 1 aromatic heterocycles. The van der Waals surface area contributed by atoms with Crippen molar-refractivity contribution in [2.24, 2.45) is 0 Å². The van der Waals surface area contributed by atoms with Crippen molar-refractivity contribution in [1.29, 1.82) is 0 Å². The van der Waals surface area contributed by atoms with Crippen LogP contribution in [0, 0.1) is 4.77 Å². The van der Waals surface area contributed by atoms with Crippen molar-refractivity contribution in [2.45, 2.75) is 26.1 Å². The van der Waals surface area contributed by atoms with E-state index >= 15 is 0 Å². The smallest absolute Gasteiger partial charge is 0.304 e. The van der Waals surface area contributed by atoms with Gasteiger partial charge >= 0.3 is 6.18 Å². The molecular formula is C12H12F3N3S. The summed E-state index contributed by atoms with van der Waals surface area (Å²) in [5, 5.41) is 6.76. The maximum absolute atomic E-state index is 12.4. The van der Waals surface area contributed by atoms with Crippen LogP contribution in [0.3, 0.4) is 0 Å². The average molecular weight is 287 g/mol. The number of aromatic amines is 1. The minimum Gasteiger partial charge on any atom is -0.304 e. The summed E-state index contributed by atoms with van der Waals surface area (Å²) in [4.78, 5) is 0. The molecule has 0 aliphatic rings. The van der Waals surface area contributed by atoms with Crippen LogP contribution >= 0.6 is 12.2 Å². The second-order valence-corrected chi connectivity index (χ2v) is 4.45. The summed E-state index contributed by atoms with van der Waals surface area (Å²) in [6.07, 6.45) is -3.86. The molecule has 0 atom stereocenters. The summed E-state index contributed by atoms with van der Waals surface area (Å²) in [5.74, 6) is 0.715. The van der Waals surface area contributed by atoms with Gasteiger partial charge in [0.15, 0.2) is 4.77 Å². The maximum atomic E-state index is 12.4. The second-order valence-electron chi connectivity index (χ2n) is 4.06. The van der Waals surface area contributed by atoms with Crippen molar-refractivity contribution >= 4 is 12.2 Å². The first-order chi connectivity index (χ1) is 8.91. The zero-order chi connectivity index (χ0) is 14.0. The van der Waals surface area contributed by atoms with E-state index in [0.29, 0.717) is 23.6 Å². The Hall–Kier alpha value is -1.63. The van der Waals surface area contributed by atoms with Gasteiger partial charge in [0.05, 0.1) is 5.56 Å². The molecule has 0 fully saturated rings. The maximum Gasteiger partial charge on any atom is 0.416 e. The van der Waals surface area contributed by atoms with Crippen molar-refractivity contribution in [3.05, 3.63) is 46.0 Å². The summed E-state index contributed by atoms with van der Waals surface area (Å²) in [6, 6.07) is 5.07. The minimum absolute atomic E-state index is 0.444. The highest BCUT2D eigenvalue weighted by atomic mass is 32.1. The fourth-order valence-electron chi connectivity index (χ4n) is 1.81. The highest BCUT2D eigenvalue weighted by Crippen LogP contribution is 2.29. The van der Waals surface area contributed by atoms with E-state index in [9.17, 15) is 13.2 Å². The second kappa shape index (κ2) is 5.16. The standard InChI is InChI=1S/C12H12F3N3S/c1-2-18-10(16-17-11(18)19)7-8-3-5-9(6-4-8)12(13,14)15/h3-6H,2,7H2,1H3,(H,17,19). The molecule has 0 saturated carbocycles. The number of alkyl halides is 3. The fraction of sp³-hybridized carbons (Fsp3) is 0.333. The molecule has 1 N–H and O–H groups in total. The van der Waals surface area contributed by atoms with E-state index in [4.69, 9.17) is 12.2 Å². The third-order valence-corrected chi connectivity index (χ3v) is 3.11. The van der Waals surface area contributed by atoms with Crippen molar-refractivity contribution in [2.75, 3.05) is 0 Å². The van der Waals surface area contributed by atoms with E-state index in [1.165, 1.54) is 12.1 Å². The molecule has 7 heteroatoms. The van der Waals surface area contributed by atoms with Gasteiger partial charge in [0.2, 0.25) is 0 Å². The van der Waals surface area contributed by atoms with Gasteiger partial charge in [-0.2, -0.15) is 18.3 Å². The quantitative estimate of drug-likeness (QED) is 0.876. The van der Waals surface area contributed by atoms with E-state index < -0.39 is 11.7 Å². The molecule has 0 saturated heterocycles. The first-order valence-corrected chi connectivity index (χ1v) is 6.13. The van der Waals surface area contributed by atoms with Gasteiger partial charge in [-0.15, -0.1) is 0 Å². The van der Waals surface area contributed by atoms with Gasteiger partial charge in [-0.25, -0.2) is 0 Å². The van der Waals surface area contributed by atoms with Gasteiger partial charge in [-0.3, -0.25) is 5.10 Å². The van der Waals surface area contributed by atoms with Crippen molar-refractivity contribution in [3.63, 3.8) is 0 Å². The zero-order valence-corrected chi connectivity index (χ0v) is 11.0. The lowest BCUT2D eigenvalue weighted by Crippen LogP contribution is -2.06. The van der Waals surface area contributed by atoms with E-state index in [1.54, 1.807) is 0 Å². The third-order valence-electron chi connectivity index (χ3n) is 2.80. The van der Waals surface area contributed by atoms with Gasteiger partial charge in [-0.05, 0) is 36.8 Å². The van der Waals surface area contributed by atoms with Crippen LogP contribution < -0.4 is 0 Å². The Labute approximate surface area is 113 Å². The molecule has 0 aliphatic carbocycles. The molecule has 0 radical (unpaired) electrons. The molecule has 2 rings (SSSR count). The van der Waals surface area contributed by atoms with Gasteiger partial charge in [-0.1, -0.05) is 12.1 Å². The normalized spacial score (nSPS) is 11.8. The summed E-state index contributed by atoms with van der Waals surface area (Å²) >= 11 is 5.05. The first kappa shape index (κ1) is 13.8. The summed E-state index contributed by atoms with van der Waals surface area (Å²) in [7, 11) is 0. The molecule has 102 valence electrons. The van der Waals surface area contributed by atoms with E-state index in [0.717, 1.165) is 17.7 Å². The van der Waals surface area contributed by atoms with Crippen molar-refractivity contribution in [1.82, 2.24) is 14.8 Å². The highest BCUT2D eigenvalue weighted by Gasteiger charge is 2.29. The fourth-order valence-corrected chi connectivity index (χ4v) is 2.09. The van der Waals surface area contributed by atoms with Gasteiger partial charge in [0.25, 0.3) is 0 Å². The Kier molecular flexibility index (Phi) is 3.75. The highest BCUT2D eigenvalue weighted by molar-refractivity contribution is 7.71. The molecule has 0 unspecified atom stereocenters. The number of halogens is 3. The van der Waals surface area contributed by atoms with Crippen LogP contribution in [0.15, 0.2) is 24.3 Å². The molecule has 1 aromatic carbocycles. The van der Waals surface area contributed by atoms with Crippen LogP contribution in [0.25, 0.3) is 0 Å². The minimum atomic E-state index is -4.30. The molecule has 0 bridgehead atoms. The Bertz CT molecular complexity index is 610. The first-order valence-electron chi connectivity index (χ1n) is 5.72. The lowest BCUT2D eigenvalue weighted by Gasteiger charge is -2.08. The molecule has 1 heterocycles. The number of nitrogens with one attached hydrogen (secondary N) is 1. The molecule has 0 spiro atoms. The van der Waals surface area contributed by atoms with Crippen LogP contribution in [0.1, 0.15) is 23.9 Å². The number of aromatic nitrogens is 3. The molecule has 0 aliphatic heterocycles. The lowest BCUT2D eigenvalue weighted by molar-refractivity contribution is -0.137. The van der Waals surface area contributed by atoms with Crippen molar-refractivity contribution in [3.8, 4) is 0 Å². The topological polar surface area (TPSA) is 33.6 Å². The number of benzene rings is 1. The largest absolute Gasteiger partial charge is 0.416 e. The lowest BCUT2D eigenvalue weighted by atomic mass is 10.1. The summed E-state index contributed by atoms with van der Waals surface area (Å²) in [5.41, 5.74) is 0.113. The van der Waals surface area contributed by atoms with Gasteiger partial charge in [0.1, 0.15) is 5.82 Å². The van der Waals surface area contributed by atoms with E-state index in [2.05, 4.69) is 10.2 Å². The van der Waals surface area contributed by atoms with E-state index in [1.807, 2.05) is 11.5 Å². The zero-order valence-electron chi connectivity index (χ0n) is 10.2. The van der Waals surface area contributed by atoms with Crippen molar-refractivity contribution < 1.29 is 13.2 Å². The number of hydrogen-bond donors (Lipinski definition) is 1. The molecule has 3 nitrogen and oxygen atoms in total. The Balaban J connectivity index is 2.22. The predicted molar refractivity (Wildman–Crippen MR) is 67.3 cm³/mol. The van der Waals surface area contributed by atoms with Crippen LogP contribution in [0.4, 0.5) is 13.2 Å². The number of rotatable bonds is 3.